The molecule has 0 bridgehead atoms. The van der Waals surface area contributed by atoms with Crippen LogP contribution in [-0.2, 0) is 13.0 Å². The van der Waals surface area contributed by atoms with Crippen LogP contribution in [0.25, 0.3) is 22.5 Å². The Balaban J connectivity index is 1.65. The van der Waals surface area contributed by atoms with Gasteiger partial charge in [0.05, 0.1) is 24.3 Å². The second-order valence-corrected chi connectivity index (χ2v) is 11.1. The van der Waals surface area contributed by atoms with Crippen molar-refractivity contribution in [3.63, 3.8) is 0 Å². The lowest BCUT2D eigenvalue weighted by molar-refractivity contribution is 0.0947. The number of fused-ring (bicyclic) bond motifs is 1. The molecule has 2 aromatic carbocycles. The van der Waals surface area contributed by atoms with Crippen LogP contribution < -0.4 is 14.8 Å². The average Bonchev–Trinajstić information content (AvgIpc) is 3.71. The van der Waals surface area contributed by atoms with E-state index in [-0.39, 0.29) is 5.91 Å². The average molecular weight is 546 g/mol. The number of unbranched alkanes of at least 4 members (excludes halogenated alkanes) is 2. The molecular formula is C33H43N3O4. The van der Waals surface area contributed by atoms with E-state index < -0.39 is 0 Å². The number of hydrogen-bond acceptors (Lipinski definition) is 6. The van der Waals surface area contributed by atoms with E-state index in [2.05, 4.69) is 60.5 Å². The molecule has 0 radical (unpaired) electrons. The number of rotatable bonds is 13. The number of ether oxygens (including phenoxy) is 2. The van der Waals surface area contributed by atoms with Gasteiger partial charge in [0.15, 0.2) is 11.5 Å². The number of carbonyl (C=O) groups excluding carboxylic acids is 1. The molecule has 1 aliphatic heterocycles. The highest BCUT2D eigenvalue weighted by Gasteiger charge is 2.32. The molecule has 1 saturated carbocycles. The molecule has 2 aliphatic rings. The predicted octanol–water partition coefficient (Wildman–Crippen LogP) is 6.98. The minimum Gasteiger partial charge on any atom is -0.493 e. The van der Waals surface area contributed by atoms with E-state index in [4.69, 9.17) is 14.0 Å². The van der Waals surface area contributed by atoms with Crippen molar-refractivity contribution in [2.75, 3.05) is 33.4 Å². The normalized spacial score (nSPS) is 15.1. The summed E-state index contributed by atoms with van der Waals surface area (Å²) < 4.78 is 18.7. The molecule has 1 N–H and O–H groups in total. The van der Waals surface area contributed by atoms with Crippen LogP contribution in [0.4, 0.5) is 0 Å². The fourth-order valence-corrected chi connectivity index (χ4v) is 5.36. The summed E-state index contributed by atoms with van der Waals surface area (Å²) in [5.74, 6) is 2.41. The molecular weight excluding hydrogens is 502 g/mol. The Morgan fingerprint density at radius 2 is 1.77 bits per heavy atom. The number of amides is 1. The molecule has 1 aromatic heterocycles. The highest BCUT2D eigenvalue weighted by Crippen LogP contribution is 2.50. The van der Waals surface area contributed by atoms with Crippen LogP contribution in [0.15, 0.2) is 34.9 Å². The van der Waals surface area contributed by atoms with E-state index in [9.17, 15) is 4.79 Å². The van der Waals surface area contributed by atoms with Gasteiger partial charge >= 0.3 is 0 Å². The molecule has 7 heteroatoms. The van der Waals surface area contributed by atoms with E-state index in [1.54, 1.807) is 0 Å². The van der Waals surface area contributed by atoms with Crippen molar-refractivity contribution < 1.29 is 18.8 Å². The van der Waals surface area contributed by atoms with Gasteiger partial charge in [-0.2, -0.15) is 0 Å². The minimum absolute atomic E-state index is 0.236. The van der Waals surface area contributed by atoms with Crippen molar-refractivity contribution in [1.82, 2.24) is 15.4 Å². The molecule has 3 aromatic rings. The lowest BCUT2D eigenvalue weighted by Gasteiger charge is -2.25. The van der Waals surface area contributed by atoms with Crippen LogP contribution in [-0.4, -0.2) is 49.3 Å². The monoisotopic (exact) mass is 545 g/mol. The van der Waals surface area contributed by atoms with Crippen LogP contribution >= 0.6 is 0 Å². The molecule has 40 heavy (non-hydrogen) atoms. The van der Waals surface area contributed by atoms with Gasteiger partial charge in [0.2, 0.25) is 0 Å². The second kappa shape index (κ2) is 12.9. The van der Waals surface area contributed by atoms with Crippen molar-refractivity contribution in [1.29, 1.82) is 0 Å². The summed E-state index contributed by atoms with van der Waals surface area (Å²) in [5, 5.41) is 7.26. The molecule has 0 unspecified atom stereocenters. The summed E-state index contributed by atoms with van der Waals surface area (Å²) in [6.45, 7) is 9.96. The summed E-state index contributed by atoms with van der Waals surface area (Å²) in [7, 11) is 2.15. The van der Waals surface area contributed by atoms with E-state index in [1.165, 1.54) is 16.7 Å². The van der Waals surface area contributed by atoms with Crippen LogP contribution in [0.5, 0.6) is 11.5 Å². The zero-order valence-electron chi connectivity index (χ0n) is 24.5. The van der Waals surface area contributed by atoms with Crippen LogP contribution in [0.3, 0.4) is 0 Å². The molecule has 0 spiro atoms. The second-order valence-electron chi connectivity index (χ2n) is 11.1. The summed E-state index contributed by atoms with van der Waals surface area (Å²) >= 11 is 0. The summed E-state index contributed by atoms with van der Waals surface area (Å²) in [5.41, 5.74) is 6.61. The number of nitrogens with one attached hydrogen (secondary N) is 1. The van der Waals surface area contributed by atoms with Crippen molar-refractivity contribution in [2.24, 2.45) is 0 Å². The van der Waals surface area contributed by atoms with Crippen LogP contribution in [0.2, 0.25) is 0 Å². The first-order valence-electron chi connectivity index (χ1n) is 15.1. The van der Waals surface area contributed by atoms with Gasteiger partial charge in [-0.3, -0.25) is 4.79 Å². The van der Waals surface area contributed by atoms with Gasteiger partial charge in [-0.05, 0) is 80.3 Å². The minimum atomic E-state index is -0.236. The summed E-state index contributed by atoms with van der Waals surface area (Å²) in [6.07, 6.45) is 7.33. The molecule has 5 rings (SSSR count). The summed E-state index contributed by atoms with van der Waals surface area (Å²) in [4.78, 5) is 15.5. The highest BCUT2D eigenvalue weighted by molar-refractivity contribution is 6.02. The third-order valence-electron chi connectivity index (χ3n) is 7.83. The number of hydrogen-bond donors (Lipinski definition) is 1. The van der Waals surface area contributed by atoms with E-state index in [0.29, 0.717) is 42.9 Å². The third-order valence-corrected chi connectivity index (χ3v) is 7.83. The van der Waals surface area contributed by atoms with Crippen molar-refractivity contribution >= 4 is 5.91 Å². The molecule has 1 aliphatic carbocycles. The number of likely N-dealkylation sites (N-methyl/N-ethyl adjacent to an activating group) is 1. The number of benzene rings is 2. The van der Waals surface area contributed by atoms with Crippen LogP contribution in [0, 0.1) is 0 Å². The molecule has 0 saturated heterocycles. The molecule has 1 fully saturated rings. The highest BCUT2D eigenvalue weighted by atomic mass is 16.5. The van der Waals surface area contributed by atoms with Gasteiger partial charge in [-0.25, -0.2) is 0 Å². The first-order chi connectivity index (χ1) is 19.5. The fraction of sp³-hybridized carbons (Fsp3) is 0.515. The maximum absolute atomic E-state index is 13.2. The fourth-order valence-electron chi connectivity index (χ4n) is 5.36. The zero-order chi connectivity index (χ0) is 28.1. The molecule has 0 atom stereocenters. The van der Waals surface area contributed by atoms with E-state index >= 15 is 0 Å². The van der Waals surface area contributed by atoms with Gasteiger partial charge < -0.3 is 24.2 Å². The van der Waals surface area contributed by atoms with Gasteiger partial charge in [0.25, 0.3) is 5.91 Å². The Morgan fingerprint density at radius 3 is 2.48 bits per heavy atom. The Kier molecular flexibility index (Phi) is 9.10. The van der Waals surface area contributed by atoms with Crippen molar-refractivity contribution in [3.8, 4) is 33.9 Å². The first kappa shape index (κ1) is 28.2. The van der Waals surface area contributed by atoms with Crippen molar-refractivity contribution in [3.05, 3.63) is 52.7 Å². The third kappa shape index (κ3) is 6.20. The largest absolute Gasteiger partial charge is 0.493 e. The number of carbonyl (C=O) groups is 1. The predicted molar refractivity (Wildman–Crippen MR) is 158 cm³/mol. The standard InChI is InChI=1S/C33H43N3O4/c1-5-8-16-38-28-20-29(39-17-9-6-2)27(19-26(28)22-10-11-22)32-30(31(35-40-32)33(37)34-7-3)24-12-13-25-21-36(4)15-14-23(25)18-24/h12-13,18-20,22H,5-11,14-17,21H2,1-4H3,(H,34,37). The van der Waals surface area contributed by atoms with Crippen molar-refractivity contribution in [2.45, 2.75) is 78.2 Å². The molecule has 2 heterocycles. The number of aromatic nitrogens is 1. The zero-order valence-corrected chi connectivity index (χ0v) is 24.5. The first-order valence-corrected chi connectivity index (χ1v) is 15.1. The van der Waals surface area contributed by atoms with Gasteiger partial charge in [-0.15, -0.1) is 0 Å². The Morgan fingerprint density at radius 1 is 1.02 bits per heavy atom. The smallest absolute Gasteiger partial charge is 0.274 e. The Bertz CT molecular complexity index is 1330. The van der Waals surface area contributed by atoms with E-state index in [0.717, 1.165) is 80.5 Å². The van der Waals surface area contributed by atoms with Gasteiger partial charge in [-0.1, -0.05) is 50.0 Å². The Hall–Kier alpha value is -3.32. The lowest BCUT2D eigenvalue weighted by Crippen LogP contribution is -2.26. The van der Waals surface area contributed by atoms with E-state index in [1.807, 2.05) is 13.0 Å². The molecule has 7 nitrogen and oxygen atoms in total. The Labute approximate surface area is 238 Å². The van der Waals surface area contributed by atoms with Gasteiger partial charge in [0.1, 0.15) is 11.5 Å². The maximum atomic E-state index is 13.2. The SMILES string of the molecule is CCCCOc1cc(OCCCC)c(C2CC2)cc1-c1onc(C(=O)NCC)c1-c1ccc2c(c1)CCN(C)C2. The quantitative estimate of drug-likeness (QED) is 0.234. The van der Waals surface area contributed by atoms with Gasteiger partial charge in [0, 0.05) is 25.7 Å². The molecule has 214 valence electrons. The lowest BCUT2D eigenvalue weighted by atomic mass is 9.91. The maximum Gasteiger partial charge on any atom is 0.274 e. The topological polar surface area (TPSA) is 76.8 Å². The molecule has 1 amide bonds. The summed E-state index contributed by atoms with van der Waals surface area (Å²) in [6, 6.07) is 10.7. The van der Waals surface area contributed by atoms with Crippen LogP contribution in [0.1, 0.15) is 92.4 Å². The number of nitrogens with zero attached hydrogens (tertiary/aromatic N) is 2.